The van der Waals surface area contributed by atoms with Crippen LogP contribution in [0.3, 0.4) is 0 Å². The third-order valence-electron chi connectivity index (χ3n) is 4.78. The summed E-state index contributed by atoms with van der Waals surface area (Å²) in [6.07, 6.45) is -1.38. The Labute approximate surface area is 168 Å². The molecule has 0 aromatic heterocycles. The highest BCUT2D eigenvalue weighted by molar-refractivity contribution is 7.85. The zero-order valence-electron chi connectivity index (χ0n) is 15.4. The number of carbonyl (C=O) groups is 2. The lowest BCUT2D eigenvalue weighted by molar-refractivity contribution is -0.137. The van der Waals surface area contributed by atoms with Gasteiger partial charge in [0.25, 0.3) is 10.1 Å². The van der Waals surface area contributed by atoms with Gasteiger partial charge in [-0.2, -0.15) is 8.42 Å². The Balaban J connectivity index is 1.67. The fourth-order valence-corrected chi connectivity index (χ4v) is 4.31. The van der Waals surface area contributed by atoms with Gasteiger partial charge in [0.1, 0.15) is 6.61 Å². The second kappa shape index (κ2) is 8.62. The number of fused-ring (bicyclic) bond motifs is 3. The minimum atomic E-state index is -4.39. The fourth-order valence-electron chi connectivity index (χ4n) is 3.56. The molecular formula is C20H21NO7S. The molecule has 9 heteroatoms. The molecule has 3 rings (SSSR count). The van der Waals surface area contributed by atoms with Crippen LogP contribution in [0.5, 0.6) is 0 Å². The topological polar surface area (TPSA) is 130 Å². The maximum atomic E-state index is 12.2. The van der Waals surface area contributed by atoms with Gasteiger partial charge in [0.15, 0.2) is 0 Å². The lowest BCUT2D eigenvalue weighted by atomic mass is 9.98. The molecule has 0 fully saturated rings. The molecule has 2 aromatic carbocycles. The number of benzene rings is 2. The molecular weight excluding hydrogens is 398 g/mol. The highest BCUT2D eigenvalue weighted by Crippen LogP contribution is 2.44. The van der Waals surface area contributed by atoms with E-state index in [0.29, 0.717) is 0 Å². The van der Waals surface area contributed by atoms with Crippen LogP contribution < -0.4 is 5.32 Å². The Bertz CT molecular complexity index is 973. The number of amides is 1. The Hall–Kier alpha value is -2.91. The van der Waals surface area contributed by atoms with E-state index in [2.05, 4.69) is 5.32 Å². The molecule has 0 heterocycles. The first-order valence-corrected chi connectivity index (χ1v) is 10.6. The van der Waals surface area contributed by atoms with E-state index in [1.54, 1.807) is 0 Å². The lowest BCUT2D eigenvalue weighted by Crippen LogP contribution is -2.40. The Morgan fingerprint density at radius 3 is 2.10 bits per heavy atom. The zero-order chi connectivity index (χ0) is 21.0. The van der Waals surface area contributed by atoms with Gasteiger partial charge >= 0.3 is 12.1 Å². The molecule has 1 unspecified atom stereocenters. The predicted octanol–water partition coefficient (Wildman–Crippen LogP) is 2.65. The van der Waals surface area contributed by atoms with Crippen molar-refractivity contribution in [3.63, 3.8) is 0 Å². The van der Waals surface area contributed by atoms with E-state index < -0.39 is 34.0 Å². The first-order valence-electron chi connectivity index (χ1n) is 9.03. The molecule has 3 N–H and O–H groups in total. The molecule has 154 valence electrons. The van der Waals surface area contributed by atoms with Crippen molar-refractivity contribution in [3.8, 4) is 11.1 Å². The van der Waals surface area contributed by atoms with Gasteiger partial charge in [-0.05, 0) is 28.7 Å². The van der Waals surface area contributed by atoms with Crippen LogP contribution in [0.4, 0.5) is 4.79 Å². The molecule has 1 atom stereocenters. The van der Waals surface area contributed by atoms with E-state index in [1.807, 2.05) is 48.5 Å². The molecule has 0 bridgehead atoms. The zero-order valence-corrected chi connectivity index (χ0v) is 16.3. The quantitative estimate of drug-likeness (QED) is 0.561. The second-order valence-electron chi connectivity index (χ2n) is 6.85. The van der Waals surface area contributed by atoms with E-state index in [0.717, 1.165) is 22.3 Å². The average molecular weight is 419 g/mol. The van der Waals surface area contributed by atoms with Gasteiger partial charge in [-0.3, -0.25) is 9.35 Å². The molecule has 0 saturated carbocycles. The number of hydrogen-bond donors (Lipinski definition) is 3. The van der Waals surface area contributed by atoms with Crippen LogP contribution in [0.2, 0.25) is 0 Å². The van der Waals surface area contributed by atoms with Gasteiger partial charge in [-0.15, -0.1) is 0 Å². The van der Waals surface area contributed by atoms with Crippen LogP contribution >= 0.6 is 0 Å². The number of nitrogens with one attached hydrogen (secondary N) is 1. The fraction of sp³-hybridized carbons (Fsp3) is 0.300. The van der Waals surface area contributed by atoms with Gasteiger partial charge in [0.2, 0.25) is 0 Å². The van der Waals surface area contributed by atoms with Crippen molar-refractivity contribution in [2.45, 2.75) is 24.8 Å². The summed E-state index contributed by atoms with van der Waals surface area (Å²) in [4.78, 5) is 22.9. The van der Waals surface area contributed by atoms with Crippen LogP contribution in [0.25, 0.3) is 11.1 Å². The van der Waals surface area contributed by atoms with Crippen molar-refractivity contribution in [2.24, 2.45) is 0 Å². The van der Waals surface area contributed by atoms with Crippen LogP contribution in [0.15, 0.2) is 48.5 Å². The Morgan fingerprint density at radius 2 is 1.59 bits per heavy atom. The first-order chi connectivity index (χ1) is 13.7. The van der Waals surface area contributed by atoms with Crippen molar-refractivity contribution in [3.05, 3.63) is 59.7 Å². The highest BCUT2D eigenvalue weighted by Gasteiger charge is 2.29. The summed E-state index contributed by atoms with van der Waals surface area (Å²) in [6, 6.07) is 14.6. The van der Waals surface area contributed by atoms with Gasteiger partial charge in [-0.25, -0.2) is 4.79 Å². The van der Waals surface area contributed by atoms with E-state index in [4.69, 9.17) is 14.4 Å². The highest BCUT2D eigenvalue weighted by atomic mass is 32.2. The number of carbonyl (C=O) groups excluding carboxylic acids is 1. The number of alkyl carbamates (subject to hydrolysis) is 1. The largest absolute Gasteiger partial charge is 0.481 e. The molecule has 0 aliphatic heterocycles. The van der Waals surface area contributed by atoms with E-state index >= 15 is 0 Å². The minimum Gasteiger partial charge on any atom is -0.481 e. The molecule has 29 heavy (non-hydrogen) atoms. The maximum absolute atomic E-state index is 12.2. The number of hydrogen-bond acceptors (Lipinski definition) is 5. The summed E-state index contributed by atoms with van der Waals surface area (Å²) in [5.74, 6) is -2.09. The third kappa shape index (κ3) is 5.33. The van der Waals surface area contributed by atoms with Crippen molar-refractivity contribution < 1.29 is 32.4 Å². The van der Waals surface area contributed by atoms with Gasteiger partial charge in [0.05, 0.1) is 5.75 Å². The van der Waals surface area contributed by atoms with Gasteiger partial charge < -0.3 is 15.2 Å². The summed E-state index contributed by atoms with van der Waals surface area (Å²) in [7, 11) is -4.39. The normalized spacial score (nSPS) is 14.0. The lowest BCUT2D eigenvalue weighted by Gasteiger charge is -2.18. The maximum Gasteiger partial charge on any atom is 0.407 e. The SMILES string of the molecule is O=C(O)CCC(CS(=O)(=O)O)NC(=O)OCC1c2ccccc2-c2ccccc21. The van der Waals surface area contributed by atoms with E-state index in [-0.39, 0.29) is 25.4 Å². The van der Waals surface area contributed by atoms with Gasteiger partial charge in [-0.1, -0.05) is 48.5 Å². The van der Waals surface area contributed by atoms with Crippen molar-refractivity contribution in [2.75, 3.05) is 12.4 Å². The van der Waals surface area contributed by atoms with Crippen molar-refractivity contribution in [1.82, 2.24) is 5.32 Å². The molecule has 1 aliphatic carbocycles. The minimum absolute atomic E-state index is 0.0391. The molecule has 0 saturated heterocycles. The van der Waals surface area contributed by atoms with Crippen LogP contribution in [0, 0.1) is 0 Å². The van der Waals surface area contributed by atoms with E-state index in [9.17, 15) is 18.0 Å². The number of rotatable bonds is 8. The van der Waals surface area contributed by atoms with E-state index in [1.165, 1.54) is 0 Å². The van der Waals surface area contributed by atoms with Crippen molar-refractivity contribution >= 4 is 22.2 Å². The number of ether oxygens (including phenoxy) is 1. The Kier molecular flexibility index (Phi) is 6.19. The standard InChI is InChI=1S/C20H21NO7S/c22-19(23)10-9-13(12-29(25,26)27)21-20(24)28-11-18-16-7-3-1-5-14(16)15-6-2-4-8-17(15)18/h1-8,13,18H,9-12H2,(H,21,24)(H,22,23)(H,25,26,27). The summed E-state index contributed by atoms with van der Waals surface area (Å²) < 4.78 is 36.6. The van der Waals surface area contributed by atoms with Crippen LogP contribution in [0.1, 0.15) is 29.9 Å². The summed E-state index contributed by atoms with van der Waals surface area (Å²) in [5.41, 5.74) is 4.20. The monoisotopic (exact) mass is 419 g/mol. The molecule has 8 nitrogen and oxygen atoms in total. The summed E-state index contributed by atoms with van der Waals surface area (Å²) in [5, 5.41) is 11.1. The number of aliphatic carboxylic acids is 1. The number of carboxylic acids is 1. The third-order valence-corrected chi connectivity index (χ3v) is 5.61. The van der Waals surface area contributed by atoms with Crippen LogP contribution in [-0.2, 0) is 19.6 Å². The van der Waals surface area contributed by atoms with Crippen LogP contribution in [-0.4, -0.2) is 48.5 Å². The molecule has 0 spiro atoms. The summed E-state index contributed by atoms with van der Waals surface area (Å²) in [6.45, 7) is 0.0391. The molecule has 0 radical (unpaired) electrons. The molecule has 1 amide bonds. The predicted molar refractivity (Wildman–Crippen MR) is 105 cm³/mol. The number of carboxylic acid groups (broad SMARTS) is 1. The van der Waals surface area contributed by atoms with Crippen molar-refractivity contribution in [1.29, 1.82) is 0 Å². The average Bonchev–Trinajstić information content (AvgIpc) is 2.97. The second-order valence-corrected chi connectivity index (χ2v) is 8.34. The smallest absolute Gasteiger partial charge is 0.407 e. The Morgan fingerprint density at radius 1 is 1.03 bits per heavy atom. The molecule has 2 aromatic rings. The van der Waals surface area contributed by atoms with Gasteiger partial charge in [0, 0.05) is 18.4 Å². The first kappa shape index (κ1) is 20.8. The molecule has 1 aliphatic rings. The summed E-state index contributed by atoms with van der Waals surface area (Å²) >= 11 is 0.